The molecule has 6 heteroatoms. The largest absolute Gasteiger partial charge is 0.314 e. The van der Waals surface area contributed by atoms with E-state index in [-0.39, 0.29) is 6.04 Å². The van der Waals surface area contributed by atoms with Gasteiger partial charge in [0.1, 0.15) is 0 Å². The molecule has 0 aromatic carbocycles. The van der Waals surface area contributed by atoms with Gasteiger partial charge >= 0.3 is 0 Å². The van der Waals surface area contributed by atoms with Gasteiger partial charge in [-0.3, -0.25) is 0 Å². The van der Waals surface area contributed by atoms with Crippen molar-refractivity contribution in [1.82, 2.24) is 14.3 Å². The number of hydrogen-bond acceptors (Lipinski definition) is 3. The van der Waals surface area contributed by atoms with Gasteiger partial charge in [-0.15, -0.1) is 0 Å². The first-order valence-corrected chi connectivity index (χ1v) is 8.92. The van der Waals surface area contributed by atoms with Crippen molar-refractivity contribution < 1.29 is 8.42 Å². The molecule has 0 spiro atoms. The van der Waals surface area contributed by atoms with Crippen LogP contribution in [-0.4, -0.2) is 44.4 Å². The molecule has 2 rings (SSSR count). The summed E-state index contributed by atoms with van der Waals surface area (Å²) in [5.74, 6) is 0.439. The molecular weight excluding hydrogens is 262 g/mol. The lowest BCUT2D eigenvalue weighted by Crippen LogP contribution is -2.51. The topological polar surface area (TPSA) is 61.4 Å². The Kier molecular flexibility index (Phi) is 5.22. The maximum Gasteiger partial charge on any atom is 0.279 e. The first-order valence-electron chi connectivity index (χ1n) is 7.48. The summed E-state index contributed by atoms with van der Waals surface area (Å²) in [6.45, 7) is 6.47. The Bertz CT molecular complexity index is 379. The Balaban J connectivity index is 1.85. The third-order valence-electron chi connectivity index (χ3n) is 4.06. The highest BCUT2D eigenvalue weighted by atomic mass is 32.2. The molecule has 5 nitrogen and oxygen atoms in total. The Hall–Kier alpha value is -0.170. The van der Waals surface area contributed by atoms with Gasteiger partial charge in [-0.2, -0.15) is 17.4 Å². The molecule has 0 aromatic rings. The van der Waals surface area contributed by atoms with E-state index in [9.17, 15) is 8.42 Å². The maximum absolute atomic E-state index is 12.3. The van der Waals surface area contributed by atoms with Crippen LogP contribution in [0, 0.1) is 5.92 Å². The molecule has 0 aromatic heterocycles. The Morgan fingerprint density at radius 3 is 2.53 bits per heavy atom. The van der Waals surface area contributed by atoms with Crippen LogP contribution in [0.2, 0.25) is 0 Å². The van der Waals surface area contributed by atoms with Crippen LogP contribution in [0.4, 0.5) is 0 Å². The molecule has 2 N–H and O–H groups in total. The second kappa shape index (κ2) is 6.52. The van der Waals surface area contributed by atoms with Gasteiger partial charge < -0.3 is 5.32 Å². The van der Waals surface area contributed by atoms with Crippen molar-refractivity contribution in [3.8, 4) is 0 Å². The summed E-state index contributed by atoms with van der Waals surface area (Å²) in [7, 11) is -3.26. The molecule has 0 amide bonds. The summed E-state index contributed by atoms with van der Waals surface area (Å²) in [5, 5.41) is 3.41. The van der Waals surface area contributed by atoms with Crippen molar-refractivity contribution in [2.24, 2.45) is 5.92 Å². The van der Waals surface area contributed by atoms with E-state index in [1.54, 1.807) is 4.31 Å². The summed E-state index contributed by atoms with van der Waals surface area (Å²) in [5.41, 5.74) is 0. The standard InChI is InChI=1S/C13H27N3O2S/c1-11(2)14-9-12-5-4-8-16(10-12)19(17,18)15-13-6-3-7-13/h11-15H,3-10H2,1-2H3. The highest BCUT2D eigenvalue weighted by Gasteiger charge is 2.31. The van der Waals surface area contributed by atoms with Gasteiger partial charge in [0.05, 0.1) is 0 Å². The lowest BCUT2D eigenvalue weighted by Gasteiger charge is -2.35. The van der Waals surface area contributed by atoms with Crippen LogP contribution in [0.25, 0.3) is 0 Å². The fraction of sp³-hybridized carbons (Fsp3) is 1.00. The number of nitrogens with zero attached hydrogens (tertiary/aromatic N) is 1. The molecular formula is C13H27N3O2S. The molecule has 1 unspecified atom stereocenters. The van der Waals surface area contributed by atoms with E-state index >= 15 is 0 Å². The van der Waals surface area contributed by atoms with Gasteiger partial charge in [0, 0.05) is 25.2 Å². The minimum atomic E-state index is -3.26. The van der Waals surface area contributed by atoms with E-state index in [0.29, 0.717) is 25.0 Å². The summed E-state index contributed by atoms with van der Waals surface area (Å²) in [6, 6.07) is 0.638. The summed E-state index contributed by atoms with van der Waals surface area (Å²) in [4.78, 5) is 0. The van der Waals surface area contributed by atoms with Crippen molar-refractivity contribution in [1.29, 1.82) is 0 Å². The maximum atomic E-state index is 12.3. The van der Waals surface area contributed by atoms with Crippen LogP contribution in [0.5, 0.6) is 0 Å². The Morgan fingerprint density at radius 2 is 1.95 bits per heavy atom. The van der Waals surface area contributed by atoms with E-state index in [4.69, 9.17) is 0 Å². The van der Waals surface area contributed by atoms with Crippen molar-refractivity contribution in [3.63, 3.8) is 0 Å². The van der Waals surface area contributed by atoms with Crippen molar-refractivity contribution >= 4 is 10.2 Å². The lowest BCUT2D eigenvalue weighted by molar-refractivity contribution is 0.250. The summed E-state index contributed by atoms with van der Waals surface area (Å²) in [6.07, 6.45) is 5.22. The Morgan fingerprint density at radius 1 is 1.21 bits per heavy atom. The molecule has 2 aliphatic rings. The van der Waals surface area contributed by atoms with Crippen LogP contribution < -0.4 is 10.0 Å². The summed E-state index contributed by atoms with van der Waals surface area (Å²) >= 11 is 0. The molecule has 1 saturated heterocycles. The van der Waals surface area contributed by atoms with Crippen molar-refractivity contribution in [2.45, 2.75) is 58.0 Å². The Labute approximate surface area is 117 Å². The molecule has 1 atom stereocenters. The van der Waals surface area contributed by atoms with E-state index in [0.717, 1.165) is 38.6 Å². The predicted molar refractivity (Wildman–Crippen MR) is 77.1 cm³/mol. The molecule has 1 heterocycles. The molecule has 1 saturated carbocycles. The molecule has 0 radical (unpaired) electrons. The smallest absolute Gasteiger partial charge is 0.279 e. The minimum absolute atomic E-state index is 0.180. The van der Waals surface area contributed by atoms with Crippen molar-refractivity contribution in [3.05, 3.63) is 0 Å². The molecule has 1 aliphatic heterocycles. The quantitative estimate of drug-likeness (QED) is 0.769. The predicted octanol–water partition coefficient (Wildman–Crippen LogP) is 1.08. The van der Waals surface area contributed by atoms with Crippen LogP contribution in [-0.2, 0) is 10.2 Å². The van der Waals surface area contributed by atoms with Gasteiger partial charge in [0.2, 0.25) is 0 Å². The van der Waals surface area contributed by atoms with E-state index < -0.39 is 10.2 Å². The normalized spacial score (nSPS) is 26.6. The summed E-state index contributed by atoms with van der Waals surface area (Å²) < 4.78 is 29.0. The van der Waals surface area contributed by atoms with Gasteiger partial charge in [-0.05, 0) is 38.1 Å². The van der Waals surface area contributed by atoms with Crippen molar-refractivity contribution in [2.75, 3.05) is 19.6 Å². The molecule has 0 bridgehead atoms. The number of nitrogens with one attached hydrogen (secondary N) is 2. The van der Waals surface area contributed by atoms with E-state index in [1.807, 2.05) is 0 Å². The lowest BCUT2D eigenvalue weighted by atomic mass is 9.94. The average molecular weight is 289 g/mol. The average Bonchev–Trinajstić information content (AvgIpc) is 2.32. The number of rotatable bonds is 6. The third kappa shape index (κ3) is 4.41. The van der Waals surface area contributed by atoms with Crippen LogP contribution in [0.3, 0.4) is 0 Å². The van der Waals surface area contributed by atoms with Crippen LogP contribution >= 0.6 is 0 Å². The van der Waals surface area contributed by atoms with Crippen LogP contribution in [0.1, 0.15) is 46.0 Å². The number of piperidine rings is 1. The monoisotopic (exact) mass is 289 g/mol. The highest BCUT2D eigenvalue weighted by molar-refractivity contribution is 7.87. The minimum Gasteiger partial charge on any atom is -0.314 e. The first-order chi connectivity index (χ1) is 8.97. The zero-order valence-corrected chi connectivity index (χ0v) is 12.9. The third-order valence-corrected chi connectivity index (χ3v) is 5.70. The second-order valence-corrected chi connectivity index (χ2v) is 7.88. The van der Waals surface area contributed by atoms with Crippen LogP contribution in [0.15, 0.2) is 0 Å². The fourth-order valence-corrected chi connectivity index (χ4v) is 4.21. The number of hydrogen-bond donors (Lipinski definition) is 2. The van der Waals surface area contributed by atoms with Gasteiger partial charge in [-0.25, -0.2) is 0 Å². The molecule has 1 aliphatic carbocycles. The molecule has 2 fully saturated rings. The van der Waals surface area contributed by atoms with Gasteiger partial charge in [-0.1, -0.05) is 20.3 Å². The second-order valence-electron chi connectivity index (χ2n) is 6.18. The van der Waals surface area contributed by atoms with E-state index in [2.05, 4.69) is 23.9 Å². The highest BCUT2D eigenvalue weighted by Crippen LogP contribution is 2.22. The van der Waals surface area contributed by atoms with Gasteiger partial charge in [0.15, 0.2) is 0 Å². The first kappa shape index (κ1) is 15.2. The zero-order valence-electron chi connectivity index (χ0n) is 12.1. The van der Waals surface area contributed by atoms with E-state index in [1.165, 1.54) is 0 Å². The zero-order chi connectivity index (χ0) is 13.9. The SMILES string of the molecule is CC(C)NCC1CCCN(S(=O)(=O)NC2CCC2)C1. The molecule has 19 heavy (non-hydrogen) atoms. The molecule has 112 valence electrons. The van der Waals surface area contributed by atoms with Gasteiger partial charge in [0.25, 0.3) is 10.2 Å². The fourth-order valence-electron chi connectivity index (χ4n) is 2.63.